The molecule has 0 saturated heterocycles. The Kier molecular flexibility index (Phi) is 5.49. The first-order valence-electron chi connectivity index (χ1n) is 8.46. The molecule has 0 atom stereocenters. The number of aromatic nitrogens is 2. The lowest BCUT2D eigenvalue weighted by Crippen LogP contribution is -2.19. The van der Waals surface area contributed by atoms with Gasteiger partial charge >= 0.3 is 6.01 Å². The third-order valence-electron chi connectivity index (χ3n) is 3.82. The maximum Gasteiger partial charge on any atom is 0.320 e. The number of benzene rings is 2. The Hall–Kier alpha value is -2.92. The van der Waals surface area contributed by atoms with Crippen molar-refractivity contribution in [2.24, 2.45) is 0 Å². The van der Waals surface area contributed by atoms with Crippen LogP contribution in [-0.4, -0.2) is 15.1 Å². The Morgan fingerprint density at radius 1 is 0.846 bits per heavy atom. The molecule has 0 aliphatic heterocycles. The molecule has 0 aliphatic rings. The Morgan fingerprint density at radius 3 is 1.92 bits per heavy atom. The molecule has 1 heterocycles. The highest BCUT2D eigenvalue weighted by molar-refractivity contribution is 5.30. The van der Waals surface area contributed by atoms with Crippen molar-refractivity contribution in [2.45, 2.75) is 32.7 Å². The number of hydrogen-bond donors (Lipinski definition) is 1. The quantitative estimate of drug-likeness (QED) is 0.701. The topological polar surface area (TPSA) is 64.5 Å². The van der Waals surface area contributed by atoms with Gasteiger partial charge in [-0.2, -0.15) is 4.98 Å². The number of ether oxygens (including phenoxy) is 2. The molecule has 0 radical (unpaired) electrons. The SMILES string of the molecule is CC(C)(O)c1cnc(OCc2ccccc2)nc1OCc1ccccc1. The fourth-order valence-electron chi connectivity index (χ4n) is 2.40. The lowest BCUT2D eigenvalue weighted by molar-refractivity contribution is 0.0724. The van der Waals surface area contributed by atoms with Gasteiger partial charge in [0.2, 0.25) is 5.88 Å². The van der Waals surface area contributed by atoms with Gasteiger partial charge in [-0.05, 0) is 25.0 Å². The van der Waals surface area contributed by atoms with Gasteiger partial charge in [0.1, 0.15) is 13.2 Å². The summed E-state index contributed by atoms with van der Waals surface area (Å²) in [5.41, 5.74) is 1.43. The monoisotopic (exact) mass is 350 g/mol. The highest BCUT2D eigenvalue weighted by Crippen LogP contribution is 2.29. The van der Waals surface area contributed by atoms with Crippen LogP contribution in [0.25, 0.3) is 0 Å². The van der Waals surface area contributed by atoms with Crippen LogP contribution in [0.4, 0.5) is 0 Å². The average Bonchev–Trinajstić information content (AvgIpc) is 2.65. The van der Waals surface area contributed by atoms with Crippen LogP contribution in [0.5, 0.6) is 11.9 Å². The minimum atomic E-state index is -1.12. The van der Waals surface area contributed by atoms with Gasteiger partial charge in [0.05, 0.1) is 11.2 Å². The second kappa shape index (κ2) is 7.97. The van der Waals surface area contributed by atoms with Crippen LogP contribution in [0.1, 0.15) is 30.5 Å². The second-order valence-corrected chi connectivity index (χ2v) is 6.48. The van der Waals surface area contributed by atoms with Crippen molar-refractivity contribution in [3.05, 3.63) is 83.6 Å². The summed E-state index contributed by atoms with van der Waals surface area (Å²) in [6, 6.07) is 19.8. The van der Waals surface area contributed by atoms with Crippen molar-refractivity contribution in [2.75, 3.05) is 0 Å². The smallest absolute Gasteiger partial charge is 0.320 e. The molecule has 5 heteroatoms. The zero-order chi connectivity index (χ0) is 18.4. The zero-order valence-electron chi connectivity index (χ0n) is 14.9. The second-order valence-electron chi connectivity index (χ2n) is 6.48. The van der Waals surface area contributed by atoms with E-state index in [2.05, 4.69) is 9.97 Å². The van der Waals surface area contributed by atoms with E-state index in [-0.39, 0.29) is 6.01 Å². The van der Waals surface area contributed by atoms with Crippen molar-refractivity contribution >= 4 is 0 Å². The lowest BCUT2D eigenvalue weighted by atomic mass is 10.0. The van der Waals surface area contributed by atoms with Gasteiger partial charge in [-0.25, -0.2) is 4.98 Å². The highest BCUT2D eigenvalue weighted by Gasteiger charge is 2.24. The molecule has 3 rings (SSSR count). The van der Waals surface area contributed by atoms with Crippen LogP contribution in [0, 0.1) is 0 Å². The van der Waals surface area contributed by atoms with Crippen LogP contribution >= 0.6 is 0 Å². The molecule has 5 nitrogen and oxygen atoms in total. The number of nitrogens with zero attached hydrogens (tertiary/aromatic N) is 2. The van der Waals surface area contributed by atoms with Crippen LogP contribution in [-0.2, 0) is 18.8 Å². The first-order valence-corrected chi connectivity index (χ1v) is 8.46. The van der Waals surface area contributed by atoms with Crippen molar-refractivity contribution in [1.29, 1.82) is 0 Å². The predicted molar refractivity (Wildman–Crippen MR) is 98.8 cm³/mol. The summed E-state index contributed by atoms with van der Waals surface area (Å²) >= 11 is 0. The Balaban J connectivity index is 1.77. The van der Waals surface area contributed by atoms with E-state index in [9.17, 15) is 5.11 Å². The lowest BCUT2D eigenvalue weighted by Gasteiger charge is -2.20. The van der Waals surface area contributed by atoms with Gasteiger partial charge in [0.15, 0.2) is 0 Å². The van der Waals surface area contributed by atoms with Crippen LogP contribution in [0.15, 0.2) is 66.9 Å². The molecule has 1 aromatic heterocycles. The summed E-state index contributed by atoms with van der Waals surface area (Å²) in [6.07, 6.45) is 1.55. The van der Waals surface area contributed by atoms with E-state index in [0.717, 1.165) is 11.1 Å². The first-order chi connectivity index (χ1) is 12.5. The highest BCUT2D eigenvalue weighted by atomic mass is 16.5. The first kappa shape index (κ1) is 17.9. The standard InChI is InChI=1S/C21H22N2O3/c1-21(2,24)18-13-22-20(26-15-17-11-7-4-8-12-17)23-19(18)25-14-16-9-5-3-6-10-16/h3-13,24H,14-15H2,1-2H3. The average molecular weight is 350 g/mol. The number of hydrogen-bond acceptors (Lipinski definition) is 5. The molecule has 0 aliphatic carbocycles. The molecule has 2 aromatic carbocycles. The van der Waals surface area contributed by atoms with Crippen molar-refractivity contribution in [1.82, 2.24) is 9.97 Å². The van der Waals surface area contributed by atoms with Gasteiger partial charge in [-0.15, -0.1) is 0 Å². The maximum atomic E-state index is 10.4. The van der Waals surface area contributed by atoms with Crippen LogP contribution in [0.3, 0.4) is 0 Å². The normalized spacial score (nSPS) is 11.2. The van der Waals surface area contributed by atoms with Gasteiger partial charge in [-0.1, -0.05) is 60.7 Å². The summed E-state index contributed by atoms with van der Waals surface area (Å²) in [6.45, 7) is 4.05. The molecule has 0 saturated carbocycles. The van der Waals surface area contributed by atoms with E-state index < -0.39 is 5.60 Å². The molecule has 0 unspecified atom stereocenters. The van der Waals surface area contributed by atoms with Crippen molar-refractivity contribution in [3.8, 4) is 11.9 Å². The Morgan fingerprint density at radius 2 is 1.38 bits per heavy atom. The zero-order valence-corrected chi connectivity index (χ0v) is 14.9. The van der Waals surface area contributed by atoms with E-state index in [0.29, 0.717) is 24.7 Å². The third-order valence-corrected chi connectivity index (χ3v) is 3.82. The fourth-order valence-corrected chi connectivity index (χ4v) is 2.40. The maximum absolute atomic E-state index is 10.4. The molecule has 0 amide bonds. The van der Waals surface area contributed by atoms with Gasteiger partial charge in [0, 0.05) is 6.20 Å². The van der Waals surface area contributed by atoms with E-state index in [1.54, 1.807) is 20.0 Å². The van der Waals surface area contributed by atoms with Gasteiger partial charge in [0.25, 0.3) is 0 Å². The summed E-state index contributed by atoms with van der Waals surface area (Å²) in [5, 5.41) is 10.4. The fraction of sp³-hybridized carbons (Fsp3) is 0.238. The summed E-state index contributed by atoms with van der Waals surface area (Å²) in [5.74, 6) is 0.319. The predicted octanol–water partition coefficient (Wildman–Crippen LogP) is 3.86. The van der Waals surface area contributed by atoms with E-state index in [1.807, 2.05) is 60.7 Å². The van der Waals surface area contributed by atoms with Crippen LogP contribution < -0.4 is 9.47 Å². The Labute approximate surface area is 153 Å². The molecule has 3 aromatic rings. The van der Waals surface area contributed by atoms with E-state index >= 15 is 0 Å². The largest absolute Gasteiger partial charge is 0.472 e. The Bertz CT molecular complexity index is 831. The minimum absolute atomic E-state index is 0.213. The molecular formula is C21H22N2O3. The molecular weight excluding hydrogens is 328 g/mol. The van der Waals surface area contributed by atoms with E-state index in [4.69, 9.17) is 9.47 Å². The molecule has 0 bridgehead atoms. The van der Waals surface area contributed by atoms with Crippen molar-refractivity contribution in [3.63, 3.8) is 0 Å². The van der Waals surface area contributed by atoms with E-state index in [1.165, 1.54) is 0 Å². The third kappa shape index (κ3) is 4.80. The number of rotatable bonds is 7. The van der Waals surface area contributed by atoms with Gasteiger partial charge in [-0.3, -0.25) is 0 Å². The summed E-state index contributed by atoms with van der Waals surface area (Å²) in [7, 11) is 0. The molecule has 0 fully saturated rings. The van der Waals surface area contributed by atoms with Crippen molar-refractivity contribution < 1.29 is 14.6 Å². The summed E-state index contributed by atoms with van der Waals surface area (Å²) < 4.78 is 11.5. The molecule has 0 spiro atoms. The molecule has 1 N–H and O–H groups in total. The summed E-state index contributed by atoms with van der Waals surface area (Å²) in [4.78, 5) is 8.56. The van der Waals surface area contributed by atoms with Gasteiger partial charge < -0.3 is 14.6 Å². The number of aliphatic hydroxyl groups is 1. The van der Waals surface area contributed by atoms with Crippen LogP contribution in [0.2, 0.25) is 0 Å². The molecule has 26 heavy (non-hydrogen) atoms. The minimum Gasteiger partial charge on any atom is -0.472 e. The molecule has 134 valence electrons.